The molecule has 0 bridgehead atoms. The van der Waals surface area contributed by atoms with E-state index in [1.807, 2.05) is 6.92 Å². The van der Waals surface area contributed by atoms with Crippen LogP contribution >= 0.6 is 0 Å². The summed E-state index contributed by atoms with van der Waals surface area (Å²) in [6, 6.07) is 8.44. The summed E-state index contributed by atoms with van der Waals surface area (Å²) in [5.74, 6) is -0.121. The van der Waals surface area contributed by atoms with E-state index in [9.17, 15) is 9.59 Å². The Morgan fingerprint density at radius 3 is 2.61 bits per heavy atom. The third kappa shape index (κ3) is 2.66. The highest BCUT2D eigenvalue weighted by Gasteiger charge is 2.10. The number of hydrogen-bond donors (Lipinski definition) is 1. The molecule has 0 radical (unpaired) electrons. The van der Waals surface area contributed by atoms with Crippen molar-refractivity contribution in [2.45, 2.75) is 13.8 Å². The Morgan fingerprint density at radius 1 is 1.22 bits per heavy atom. The molecule has 0 aliphatic heterocycles. The van der Waals surface area contributed by atoms with Crippen molar-refractivity contribution < 1.29 is 14.0 Å². The van der Waals surface area contributed by atoms with E-state index in [-0.39, 0.29) is 17.5 Å². The number of amides is 1. The molecule has 18 heavy (non-hydrogen) atoms. The summed E-state index contributed by atoms with van der Waals surface area (Å²) in [6.07, 6.45) is 1.51. The zero-order valence-corrected chi connectivity index (χ0v) is 10.2. The Bertz CT molecular complexity index is 599. The van der Waals surface area contributed by atoms with Crippen LogP contribution in [0.5, 0.6) is 0 Å². The van der Waals surface area contributed by atoms with Gasteiger partial charge >= 0.3 is 0 Å². The minimum Gasteiger partial charge on any atom is -0.459 e. The van der Waals surface area contributed by atoms with E-state index < -0.39 is 0 Å². The minimum atomic E-state index is -0.330. The van der Waals surface area contributed by atoms with Crippen LogP contribution in [0, 0.1) is 6.92 Å². The van der Waals surface area contributed by atoms with E-state index in [2.05, 4.69) is 5.32 Å². The number of furan rings is 1. The quantitative estimate of drug-likeness (QED) is 0.843. The van der Waals surface area contributed by atoms with Gasteiger partial charge in [-0.15, -0.1) is 0 Å². The molecule has 0 fully saturated rings. The van der Waals surface area contributed by atoms with Crippen LogP contribution in [0.1, 0.15) is 33.4 Å². The Morgan fingerprint density at radius 2 is 2.00 bits per heavy atom. The molecule has 0 saturated heterocycles. The molecule has 1 aromatic heterocycles. The van der Waals surface area contributed by atoms with Crippen LogP contribution < -0.4 is 5.32 Å². The Balaban J connectivity index is 2.16. The first kappa shape index (κ1) is 12.1. The second kappa shape index (κ2) is 4.87. The van der Waals surface area contributed by atoms with Crippen LogP contribution in [0.15, 0.2) is 41.0 Å². The van der Waals surface area contributed by atoms with E-state index in [1.165, 1.54) is 13.2 Å². The van der Waals surface area contributed by atoms with Gasteiger partial charge in [-0.1, -0.05) is 12.1 Å². The number of nitrogens with one attached hydrogen (secondary N) is 1. The van der Waals surface area contributed by atoms with Gasteiger partial charge in [0.25, 0.3) is 5.91 Å². The molecular weight excluding hydrogens is 230 g/mol. The molecule has 2 aromatic rings. The summed E-state index contributed by atoms with van der Waals surface area (Å²) < 4.78 is 5.10. The van der Waals surface area contributed by atoms with Crippen LogP contribution in [0.3, 0.4) is 0 Å². The second-order valence-corrected chi connectivity index (χ2v) is 4.08. The summed E-state index contributed by atoms with van der Waals surface area (Å²) in [5, 5.41) is 2.68. The van der Waals surface area contributed by atoms with Crippen molar-refractivity contribution in [2.24, 2.45) is 0 Å². The fraction of sp³-hybridized carbons (Fsp3) is 0.143. The highest BCUT2D eigenvalue weighted by atomic mass is 16.3. The third-order valence-corrected chi connectivity index (χ3v) is 2.48. The van der Waals surface area contributed by atoms with E-state index >= 15 is 0 Å². The first-order valence-corrected chi connectivity index (χ1v) is 5.54. The average Bonchev–Trinajstić information content (AvgIpc) is 2.76. The largest absolute Gasteiger partial charge is 0.459 e. The van der Waals surface area contributed by atoms with Crippen LogP contribution in [0.2, 0.25) is 0 Å². The molecule has 2 rings (SSSR count). The van der Waals surface area contributed by atoms with E-state index in [0.29, 0.717) is 11.3 Å². The Hall–Kier alpha value is -2.36. The molecule has 1 N–H and O–H groups in total. The summed E-state index contributed by atoms with van der Waals surface area (Å²) in [5.41, 5.74) is 2.02. The number of Topliss-reactive ketones (excluding diaryl/α,β-unsaturated/α-hetero) is 1. The zero-order chi connectivity index (χ0) is 13.1. The van der Waals surface area contributed by atoms with Crippen molar-refractivity contribution in [3.63, 3.8) is 0 Å². The lowest BCUT2D eigenvalue weighted by Crippen LogP contribution is -2.11. The molecular formula is C14H13NO3. The predicted octanol–water partition coefficient (Wildman–Crippen LogP) is 3.04. The number of rotatable bonds is 3. The maximum atomic E-state index is 11.8. The number of carbonyl (C=O) groups is 2. The Kier molecular flexibility index (Phi) is 3.28. The van der Waals surface area contributed by atoms with Crippen molar-refractivity contribution in [2.75, 3.05) is 5.32 Å². The van der Waals surface area contributed by atoms with Gasteiger partial charge in [-0.3, -0.25) is 9.59 Å². The predicted molar refractivity (Wildman–Crippen MR) is 67.8 cm³/mol. The summed E-state index contributed by atoms with van der Waals surface area (Å²) >= 11 is 0. The van der Waals surface area contributed by atoms with Crippen molar-refractivity contribution in [1.82, 2.24) is 0 Å². The molecule has 0 unspecified atom stereocenters. The Labute approximate surface area is 105 Å². The van der Waals surface area contributed by atoms with Crippen LogP contribution in [-0.4, -0.2) is 11.7 Å². The average molecular weight is 243 g/mol. The van der Waals surface area contributed by atoms with E-state index in [1.54, 1.807) is 30.3 Å². The molecule has 4 nitrogen and oxygen atoms in total. The van der Waals surface area contributed by atoms with Crippen molar-refractivity contribution in [3.8, 4) is 0 Å². The van der Waals surface area contributed by atoms with E-state index in [0.717, 1.165) is 5.56 Å². The van der Waals surface area contributed by atoms with Crippen LogP contribution in [-0.2, 0) is 0 Å². The first-order valence-electron chi connectivity index (χ1n) is 5.54. The monoisotopic (exact) mass is 243 g/mol. The van der Waals surface area contributed by atoms with Gasteiger partial charge in [0.05, 0.1) is 6.26 Å². The number of hydrogen-bond acceptors (Lipinski definition) is 3. The molecule has 0 atom stereocenters. The summed E-state index contributed by atoms with van der Waals surface area (Å²) in [4.78, 5) is 23.0. The van der Waals surface area contributed by atoms with Gasteiger partial charge in [0.1, 0.15) is 0 Å². The summed E-state index contributed by atoms with van der Waals surface area (Å²) in [6.45, 7) is 3.33. The highest BCUT2D eigenvalue weighted by molar-refractivity contribution is 6.03. The molecule has 0 saturated carbocycles. The number of anilines is 1. The molecule has 1 heterocycles. The van der Waals surface area contributed by atoms with Crippen molar-refractivity contribution in [1.29, 1.82) is 0 Å². The lowest BCUT2D eigenvalue weighted by Gasteiger charge is -2.04. The van der Waals surface area contributed by atoms with Gasteiger partial charge in [0.2, 0.25) is 0 Å². The van der Waals surface area contributed by atoms with Crippen LogP contribution in [0.25, 0.3) is 0 Å². The number of ketones is 1. The highest BCUT2D eigenvalue weighted by Crippen LogP contribution is 2.14. The van der Waals surface area contributed by atoms with Gasteiger partial charge in [-0.25, -0.2) is 0 Å². The normalized spacial score (nSPS) is 10.1. The maximum Gasteiger partial charge on any atom is 0.291 e. The lowest BCUT2D eigenvalue weighted by molar-refractivity contribution is 0.0992. The molecule has 0 spiro atoms. The lowest BCUT2D eigenvalue weighted by atomic mass is 10.1. The third-order valence-electron chi connectivity index (χ3n) is 2.48. The van der Waals surface area contributed by atoms with Crippen LogP contribution in [0.4, 0.5) is 5.69 Å². The molecule has 4 heteroatoms. The van der Waals surface area contributed by atoms with Gasteiger partial charge < -0.3 is 9.73 Å². The smallest absolute Gasteiger partial charge is 0.291 e. The first-order chi connectivity index (χ1) is 8.56. The fourth-order valence-electron chi connectivity index (χ4n) is 1.56. The maximum absolute atomic E-state index is 11.8. The van der Waals surface area contributed by atoms with Gasteiger partial charge in [0.15, 0.2) is 11.5 Å². The zero-order valence-electron chi connectivity index (χ0n) is 10.2. The van der Waals surface area contributed by atoms with Gasteiger partial charge in [0, 0.05) is 11.3 Å². The van der Waals surface area contributed by atoms with Crippen molar-refractivity contribution in [3.05, 3.63) is 53.5 Å². The topological polar surface area (TPSA) is 59.3 Å². The number of aryl methyl sites for hydroxylation is 1. The molecule has 0 aliphatic carbocycles. The number of benzene rings is 1. The molecule has 92 valence electrons. The van der Waals surface area contributed by atoms with E-state index in [4.69, 9.17) is 4.42 Å². The summed E-state index contributed by atoms with van der Waals surface area (Å²) in [7, 11) is 0. The molecule has 1 amide bonds. The SMILES string of the molecule is CC(=O)c1cccc(NC(=O)c2cc(C)co2)c1. The second-order valence-electron chi connectivity index (χ2n) is 4.08. The van der Waals surface area contributed by atoms with Gasteiger partial charge in [-0.05, 0) is 37.6 Å². The standard InChI is InChI=1S/C14H13NO3/c1-9-6-13(18-8-9)14(17)15-12-5-3-4-11(7-12)10(2)16/h3-8H,1-2H3,(H,15,17). The molecule has 1 aromatic carbocycles. The number of carbonyl (C=O) groups excluding carboxylic acids is 2. The van der Waals surface area contributed by atoms with Crippen molar-refractivity contribution >= 4 is 17.4 Å². The molecule has 0 aliphatic rings. The van der Waals surface area contributed by atoms with Gasteiger partial charge in [-0.2, -0.15) is 0 Å². The minimum absolute atomic E-state index is 0.0417. The fourth-order valence-corrected chi connectivity index (χ4v) is 1.56.